The molecule has 0 unspecified atom stereocenters. The Morgan fingerprint density at radius 3 is 2.12 bits per heavy atom. The second-order valence-corrected chi connectivity index (χ2v) is 8.24. The highest BCUT2D eigenvalue weighted by molar-refractivity contribution is 6.28. The lowest BCUT2D eigenvalue weighted by Gasteiger charge is -2.15. The highest BCUT2D eigenvalue weighted by Crippen LogP contribution is 2.27. The number of halogens is 1. The summed E-state index contributed by atoms with van der Waals surface area (Å²) < 4.78 is 6.82. The largest absolute Gasteiger partial charge is 0.467 e. The Morgan fingerprint density at radius 1 is 0.925 bits per heavy atom. The number of anilines is 1. The maximum Gasteiger partial charge on any atom is 0.316 e. The molecule has 0 aliphatic heterocycles. The molecular weight excluding hydrogens is 524 g/mol. The summed E-state index contributed by atoms with van der Waals surface area (Å²) >= 11 is 5.41. The van der Waals surface area contributed by atoms with Crippen molar-refractivity contribution in [3.8, 4) is 22.8 Å². The molecule has 0 fully saturated rings. The van der Waals surface area contributed by atoms with E-state index in [0.29, 0.717) is 17.2 Å². The SMILES string of the molecule is CC.CC.CCc1cc2cccc(-c3cnc(OC)nc3)c2c(=O)n1-c1ccccc1.Cc1cnc(Cl)nc1N. The topological polar surface area (TPSA) is 109 Å². The predicted molar refractivity (Wildman–Crippen MR) is 165 cm³/mol. The fraction of sp³-hybridized carbons (Fsp3) is 0.258. The van der Waals surface area contributed by atoms with Crippen molar-refractivity contribution >= 4 is 28.2 Å². The van der Waals surface area contributed by atoms with Gasteiger partial charge in [0.15, 0.2) is 0 Å². The van der Waals surface area contributed by atoms with Gasteiger partial charge in [0.25, 0.3) is 5.56 Å². The van der Waals surface area contributed by atoms with Crippen molar-refractivity contribution in [3.63, 3.8) is 0 Å². The van der Waals surface area contributed by atoms with Gasteiger partial charge < -0.3 is 10.5 Å². The Balaban J connectivity index is 0.000000362. The average Bonchev–Trinajstić information content (AvgIpc) is 3.01. The summed E-state index contributed by atoms with van der Waals surface area (Å²) in [7, 11) is 1.53. The van der Waals surface area contributed by atoms with E-state index in [-0.39, 0.29) is 10.8 Å². The van der Waals surface area contributed by atoms with Crippen LogP contribution in [0.5, 0.6) is 6.01 Å². The zero-order chi connectivity index (χ0) is 29.7. The minimum atomic E-state index is -0.0398. The van der Waals surface area contributed by atoms with E-state index in [1.54, 1.807) is 23.2 Å². The summed E-state index contributed by atoms with van der Waals surface area (Å²) in [6, 6.07) is 18.0. The summed E-state index contributed by atoms with van der Waals surface area (Å²) in [6.07, 6.45) is 5.71. The van der Waals surface area contributed by atoms with E-state index in [0.717, 1.165) is 39.9 Å². The first-order valence-electron chi connectivity index (χ1n) is 13.3. The summed E-state index contributed by atoms with van der Waals surface area (Å²) in [5, 5.41) is 1.77. The molecule has 40 heavy (non-hydrogen) atoms. The molecule has 8 nitrogen and oxygen atoms in total. The van der Waals surface area contributed by atoms with Crippen LogP contribution in [0.4, 0.5) is 5.82 Å². The molecular formula is C31H37ClN6O2. The van der Waals surface area contributed by atoms with Crippen molar-refractivity contribution in [1.29, 1.82) is 0 Å². The third-order valence-corrected chi connectivity index (χ3v) is 5.78. The number of para-hydroxylation sites is 1. The van der Waals surface area contributed by atoms with Gasteiger partial charge in [-0.25, -0.2) is 19.9 Å². The maximum absolute atomic E-state index is 13.5. The Labute approximate surface area is 240 Å². The van der Waals surface area contributed by atoms with Gasteiger partial charge in [-0.05, 0) is 54.1 Å². The zero-order valence-corrected chi connectivity index (χ0v) is 24.9. The Kier molecular flexibility index (Phi) is 12.7. The number of pyridine rings is 1. The third-order valence-electron chi connectivity index (χ3n) is 5.60. The van der Waals surface area contributed by atoms with Crippen LogP contribution in [0.2, 0.25) is 5.28 Å². The number of aromatic nitrogens is 5. The van der Waals surface area contributed by atoms with Gasteiger partial charge >= 0.3 is 6.01 Å². The van der Waals surface area contributed by atoms with Crippen LogP contribution in [-0.2, 0) is 6.42 Å². The van der Waals surface area contributed by atoms with E-state index in [1.165, 1.54) is 7.11 Å². The first kappa shape index (κ1) is 31.9. The second-order valence-electron chi connectivity index (χ2n) is 7.90. The number of hydrogen-bond donors (Lipinski definition) is 1. The number of nitrogens with zero attached hydrogens (tertiary/aromatic N) is 5. The van der Waals surface area contributed by atoms with E-state index in [9.17, 15) is 4.79 Å². The summed E-state index contributed by atoms with van der Waals surface area (Å²) in [5.74, 6) is 0.440. The van der Waals surface area contributed by atoms with Crippen LogP contribution in [0.3, 0.4) is 0 Å². The lowest BCUT2D eigenvalue weighted by molar-refractivity contribution is 0.380. The lowest BCUT2D eigenvalue weighted by atomic mass is 10.0. The first-order valence-corrected chi connectivity index (χ1v) is 13.6. The molecule has 0 saturated heterocycles. The Morgan fingerprint density at radius 2 is 1.57 bits per heavy atom. The summed E-state index contributed by atoms with van der Waals surface area (Å²) in [5.41, 5.74) is 9.62. The Bertz CT molecular complexity index is 1560. The van der Waals surface area contributed by atoms with Gasteiger partial charge in [-0.1, -0.05) is 71.0 Å². The number of ether oxygens (including phenoxy) is 1. The van der Waals surface area contributed by atoms with E-state index in [2.05, 4.69) is 32.9 Å². The minimum absolute atomic E-state index is 0.0398. The lowest BCUT2D eigenvalue weighted by Crippen LogP contribution is -2.22. The normalized spacial score (nSPS) is 9.80. The van der Waals surface area contributed by atoms with Gasteiger partial charge in [0.1, 0.15) is 5.82 Å². The van der Waals surface area contributed by atoms with E-state index in [4.69, 9.17) is 22.1 Å². The van der Waals surface area contributed by atoms with Crippen LogP contribution >= 0.6 is 11.6 Å². The quantitative estimate of drug-likeness (QED) is 0.234. The standard InChI is InChI=1S/C22H19N3O2.C5H6ClN3.2C2H6/c1-3-17-12-15-8-7-11-19(16-13-23-22(27-2)24-14-16)20(15)21(26)25(17)18-9-5-4-6-10-18;1-3-2-8-5(6)9-4(3)7;2*1-2/h4-14H,3H2,1-2H3;2H,1H3,(H2,7,8,9);2*1-2H3. The molecule has 0 radical (unpaired) electrons. The fourth-order valence-electron chi connectivity index (χ4n) is 3.77. The van der Waals surface area contributed by atoms with E-state index < -0.39 is 0 Å². The van der Waals surface area contributed by atoms with E-state index in [1.807, 2.05) is 83.1 Å². The second kappa shape index (κ2) is 16.0. The molecule has 0 amide bonds. The van der Waals surface area contributed by atoms with Crippen molar-refractivity contribution in [2.45, 2.75) is 48.0 Å². The molecule has 0 bridgehead atoms. The molecule has 2 aromatic carbocycles. The maximum atomic E-state index is 13.5. The van der Waals surface area contributed by atoms with Gasteiger partial charge in [-0.2, -0.15) is 0 Å². The number of hydrogen-bond acceptors (Lipinski definition) is 7. The number of nitrogens with two attached hydrogens (primary N) is 1. The average molecular weight is 561 g/mol. The zero-order valence-electron chi connectivity index (χ0n) is 24.1. The molecule has 3 heterocycles. The molecule has 0 aliphatic carbocycles. The van der Waals surface area contributed by atoms with Crippen molar-refractivity contribution in [2.24, 2.45) is 0 Å². The van der Waals surface area contributed by atoms with Gasteiger partial charge in [-0.3, -0.25) is 9.36 Å². The number of rotatable bonds is 4. The molecule has 0 saturated carbocycles. The van der Waals surface area contributed by atoms with Gasteiger partial charge in [-0.15, -0.1) is 0 Å². The molecule has 0 atom stereocenters. The van der Waals surface area contributed by atoms with Crippen LogP contribution in [0.25, 0.3) is 27.6 Å². The van der Waals surface area contributed by atoms with Crippen molar-refractivity contribution in [3.05, 3.63) is 100 Å². The van der Waals surface area contributed by atoms with Crippen molar-refractivity contribution < 1.29 is 4.74 Å². The van der Waals surface area contributed by atoms with Crippen LogP contribution in [0.15, 0.2) is 78.0 Å². The smallest absolute Gasteiger partial charge is 0.316 e. The van der Waals surface area contributed by atoms with Crippen LogP contribution < -0.4 is 16.0 Å². The summed E-state index contributed by atoms with van der Waals surface area (Å²) in [6.45, 7) is 11.9. The van der Waals surface area contributed by atoms with Crippen LogP contribution in [0, 0.1) is 6.92 Å². The Hall–Kier alpha value is -4.30. The number of methoxy groups -OCH3 is 1. The molecule has 210 valence electrons. The number of benzene rings is 2. The number of nitrogen functional groups attached to an aromatic ring is 1. The van der Waals surface area contributed by atoms with Crippen LogP contribution in [0.1, 0.15) is 45.9 Å². The minimum Gasteiger partial charge on any atom is -0.467 e. The molecule has 0 spiro atoms. The third kappa shape index (κ3) is 7.64. The van der Waals surface area contributed by atoms with Gasteiger partial charge in [0, 0.05) is 41.1 Å². The van der Waals surface area contributed by atoms with Crippen molar-refractivity contribution in [2.75, 3.05) is 12.8 Å². The molecule has 5 aromatic rings. The molecule has 0 aliphatic rings. The fourth-order valence-corrected chi connectivity index (χ4v) is 3.91. The van der Waals surface area contributed by atoms with Gasteiger partial charge in [0.05, 0.1) is 12.5 Å². The molecule has 9 heteroatoms. The first-order chi connectivity index (χ1) is 19.4. The van der Waals surface area contributed by atoms with Crippen molar-refractivity contribution in [1.82, 2.24) is 24.5 Å². The number of fused-ring (bicyclic) bond motifs is 1. The highest BCUT2D eigenvalue weighted by atomic mass is 35.5. The monoisotopic (exact) mass is 560 g/mol. The molecule has 3 aromatic heterocycles. The molecule has 5 rings (SSSR count). The van der Waals surface area contributed by atoms with E-state index >= 15 is 0 Å². The highest BCUT2D eigenvalue weighted by Gasteiger charge is 2.14. The van der Waals surface area contributed by atoms with Gasteiger partial charge in [0.2, 0.25) is 5.28 Å². The summed E-state index contributed by atoms with van der Waals surface area (Å²) in [4.78, 5) is 29.3. The number of aryl methyl sites for hydroxylation is 2. The van der Waals surface area contributed by atoms with Crippen LogP contribution in [-0.4, -0.2) is 31.6 Å². The molecule has 2 N–H and O–H groups in total. The predicted octanol–water partition coefficient (Wildman–Crippen LogP) is 7.09.